The molecule has 1 rings (SSSR count). The van der Waals surface area contributed by atoms with Crippen LogP contribution in [0.4, 0.5) is 10.5 Å². The molecular formula is C11H14BrClN2O3. The van der Waals surface area contributed by atoms with Crippen LogP contribution in [-0.2, 0) is 4.74 Å². The fourth-order valence-electron chi connectivity index (χ4n) is 1.21. The number of rotatable bonds is 5. The standard InChI is InChI=1S/C11H14BrClN2O3/c1-18-6-8(16)5-14-11(17)15-7-2-3-10(13)9(12)4-7/h2-4,8,16H,5-6H2,1H3,(H2,14,15,17). The van der Waals surface area contributed by atoms with Gasteiger partial charge in [-0.05, 0) is 34.1 Å². The Bertz CT molecular complexity index is 417. The second-order valence-electron chi connectivity index (χ2n) is 3.57. The molecule has 0 saturated carbocycles. The van der Waals surface area contributed by atoms with Gasteiger partial charge in [-0.2, -0.15) is 0 Å². The molecule has 2 amide bonds. The van der Waals surface area contributed by atoms with Crippen LogP contribution in [0.3, 0.4) is 0 Å². The van der Waals surface area contributed by atoms with Crippen molar-refractivity contribution >= 4 is 39.2 Å². The summed E-state index contributed by atoms with van der Waals surface area (Å²) in [6.45, 7) is 0.293. The van der Waals surface area contributed by atoms with Crippen molar-refractivity contribution in [2.24, 2.45) is 0 Å². The molecule has 7 heteroatoms. The van der Waals surface area contributed by atoms with Gasteiger partial charge >= 0.3 is 6.03 Å². The summed E-state index contributed by atoms with van der Waals surface area (Å²) >= 11 is 9.09. The van der Waals surface area contributed by atoms with E-state index in [-0.39, 0.29) is 13.2 Å². The molecule has 0 fully saturated rings. The van der Waals surface area contributed by atoms with Crippen LogP contribution in [0.2, 0.25) is 5.02 Å². The molecule has 0 heterocycles. The zero-order valence-electron chi connectivity index (χ0n) is 9.74. The molecule has 5 nitrogen and oxygen atoms in total. The average Bonchev–Trinajstić information content (AvgIpc) is 2.32. The van der Waals surface area contributed by atoms with Crippen LogP contribution in [0, 0.1) is 0 Å². The lowest BCUT2D eigenvalue weighted by Crippen LogP contribution is -2.36. The van der Waals surface area contributed by atoms with Gasteiger partial charge in [-0.1, -0.05) is 11.6 Å². The fraction of sp³-hybridized carbons (Fsp3) is 0.364. The van der Waals surface area contributed by atoms with Gasteiger partial charge in [0.15, 0.2) is 0 Å². The number of aliphatic hydroxyl groups is 1. The van der Waals surface area contributed by atoms with Crippen molar-refractivity contribution in [1.82, 2.24) is 5.32 Å². The predicted molar refractivity (Wildman–Crippen MR) is 74.1 cm³/mol. The Labute approximate surface area is 119 Å². The third kappa shape index (κ3) is 5.22. The Kier molecular flexibility index (Phi) is 6.42. The molecule has 0 aliphatic heterocycles. The van der Waals surface area contributed by atoms with E-state index in [1.165, 1.54) is 7.11 Å². The Morgan fingerprint density at radius 1 is 1.61 bits per heavy atom. The topological polar surface area (TPSA) is 70.6 Å². The van der Waals surface area contributed by atoms with E-state index in [1.54, 1.807) is 18.2 Å². The highest BCUT2D eigenvalue weighted by Gasteiger charge is 2.07. The van der Waals surface area contributed by atoms with Crippen molar-refractivity contribution in [2.45, 2.75) is 6.10 Å². The smallest absolute Gasteiger partial charge is 0.319 e. The molecule has 0 aromatic heterocycles. The molecule has 1 aromatic carbocycles. The van der Waals surface area contributed by atoms with Gasteiger partial charge < -0.3 is 20.5 Å². The van der Waals surface area contributed by atoms with Gasteiger partial charge in [0.1, 0.15) is 0 Å². The lowest BCUT2D eigenvalue weighted by molar-refractivity contribution is 0.0663. The van der Waals surface area contributed by atoms with Crippen molar-refractivity contribution in [3.8, 4) is 0 Å². The summed E-state index contributed by atoms with van der Waals surface area (Å²) in [5.74, 6) is 0. The maximum atomic E-state index is 11.5. The second-order valence-corrected chi connectivity index (χ2v) is 4.83. The number of nitrogens with one attached hydrogen (secondary N) is 2. The Balaban J connectivity index is 2.42. The number of aliphatic hydroxyl groups excluding tert-OH is 1. The maximum absolute atomic E-state index is 11.5. The highest BCUT2D eigenvalue weighted by molar-refractivity contribution is 9.10. The highest BCUT2D eigenvalue weighted by Crippen LogP contribution is 2.25. The normalized spacial score (nSPS) is 12.0. The van der Waals surface area contributed by atoms with Crippen molar-refractivity contribution in [2.75, 3.05) is 25.6 Å². The third-order valence-corrected chi connectivity index (χ3v) is 3.25. The number of benzene rings is 1. The molecule has 1 unspecified atom stereocenters. The maximum Gasteiger partial charge on any atom is 0.319 e. The molecule has 18 heavy (non-hydrogen) atoms. The Hall–Kier alpha value is -0.820. The van der Waals surface area contributed by atoms with E-state index in [4.69, 9.17) is 16.3 Å². The van der Waals surface area contributed by atoms with Crippen molar-refractivity contribution < 1.29 is 14.6 Å². The van der Waals surface area contributed by atoms with E-state index >= 15 is 0 Å². The van der Waals surface area contributed by atoms with Crippen LogP contribution >= 0.6 is 27.5 Å². The first-order valence-corrected chi connectivity index (χ1v) is 6.37. The number of ether oxygens (including phenoxy) is 1. The molecule has 0 aliphatic rings. The summed E-state index contributed by atoms with van der Waals surface area (Å²) in [5, 5.41) is 15.1. The van der Waals surface area contributed by atoms with Crippen molar-refractivity contribution in [3.63, 3.8) is 0 Å². The summed E-state index contributed by atoms with van der Waals surface area (Å²) in [6, 6.07) is 4.63. The average molecular weight is 338 g/mol. The number of halogens is 2. The van der Waals surface area contributed by atoms with Gasteiger partial charge in [-0.25, -0.2) is 4.79 Å². The molecule has 1 atom stereocenters. The van der Waals surface area contributed by atoms with E-state index in [0.29, 0.717) is 15.2 Å². The van der Waals surface area contributed by atoms with Crippen LogP contribution in [0.5, 0.6) is 0 Å². The number of amides is 2. The minimum atomic E-state index is -0.724. The lowest BCUT2D eigenvalue weighted by atomic mass is 10.3. The summed E-state index contributed by atoms with van der Waals surface area (Å²) in [7, 11) is 1.48. The van der Waals surface area contributed by atoms with Gasteiger partial charge in [0.25, 0.3) is 0 Å². The molecule has 100 valence electrons. The first kappa shape index (κ1) is 15.2. The SMILES string of the molecule is COCC(O)CNC(=O)Nc1ccc(Cl)c(Br)c1. The van der Waals surface area contributed by atoms with Crippen molar-refractivity contribution in [1.29, 1.82) is 0 Å². The number of carbonyl (C=O) groups excluding carboxylic acids is 1. The number of hydrogen-bond acceptors (Lipinski definition) is 3. The number of urea groups is 1. The Morgan fingerprint density at radius 2 is 2.33 bits per heavy atom. The number of methoxy groups -OCH3 is 1. The first-order valence-electron chi connectivity index (χ1n) is 5.20. The van der Waals surface area contributed by atoms with E-state index in [9.17, 15) is 9.90 Å². The summed E-state index contributed by atoms with van der Waals surface area (Å²) < 4.78 is 5.44. The van der Waals surface area contributed by atoms with Crippen LogP contribution < -0.4 is 10.6 Å². The second kappa shape index (κ2) is 7.58. The van der Waals surface area contributed by atoms with Gasteiger partial charge in [0.2, 0.25) is 0 Å². The molecule has 0 radical (unpaired) electrons. The van der Waals surface area contributed by atoms with Gasteiger partial charge in [-0.15, -0.1) is 0 Å². The van der Waals surface area contributed by atoms with E-state index in [1.807, 2.05) is 0 Å². The molecule has 3 N–H and O–H groups in total. The van der Waals surface area contributed by atoms with Gasteiger partial charge in [0, 0.05) is 23.8 Å². The predicted octanol–water partition coefficient (Wildman–Crippen LogP) is 2.23. The number of anilines is 1. The van der Waals surface area contributed by atoms with Gasteiger partial charge in [0.05, 0.1) is 17.7 Å². The molecule has 0 aliphatic carbocycles. The summed E-state index contributed by atoms with van der Waals surface area (Å²) in [4.78, 5) is 11.5. The van der Waals surface area contributed by atoms with Crippen LogP contribution in [0.1, 0.15) is 0 Å². The third-order valence-electron chi connectivity index (χ3n) is 2.03. The molecule has 1 aromatic rings. The quantitative estimate of drug-likeness (QED) is 0.771. The minimum absolute atomic E-state index is 0.119. The van der Waals surface area contributed by atoms with E-state index in [2.05, 4.69) is 26.6 Å². The largest absolute Gasteiger partial charge is 0.389 e. The molecule has 0 bridgehead atoms. The lowest BCUT2D eigenvalue weighted by Gasteiger charge is -2.12. The molecular weight excluding hydrogens is 323 g/mol. The molecule has 0 spiro atoms. The monoisotopic (exact) mass is 336 g/mol. The van der Waals surface area contributed by atoms with E-state index < -0.39 is 12.1 Å². The zero-order chi connectivity index (χ0) is 13.5. The Morgan fingerprint density at radius 3 is 2.94 bits per heavy atom. The summed E-state index contributed by atoms with van der Waals surface area (Å²) in [5.41, 5.74) is 0.602. The molecule has 0 saturated heterocycles. The van der Waals surface area contributed by atoms with Gasteiger partial charge in [-0.3, -0.25) is 0 Å². The van der Waals surface area contributed by atoms with E-state index in [0.717, 1.165) is 0 Å². The zero-order valence-corrected chi connectivity index (χ0v) is 12.1. The van der Waals surface area contributed by atoms with Crippen LogP contribution in [0.25, 0.3) is 0 Å². The highest BCUT2D eigenvalue weighted by atomic mass is 79.9. The summed E-state index contributed by atoms with van der Waals surface area (Å²) in [6.07, 6.45) is -0.724. The van der Waals surface area contributed by atoms with Crippen molar-refractivity contribution in [3.05, 3.63) is 27.7 Å². The van der Waals surface area contributed by atoms with Crippen LogP contribution in [-0.4, -0.2) is 37.5 Å². The minimum Gasteiger partial charge on any atom is -0.389 e. The number of hydrogen-bond donors (Lipinski definition) is 3. The fourth-order valence-corrected chi connectivity index (χ4v) is 1.71. The van der Waals surface area contributed by atoms with Crippen LogP contribution in [0.15, 0.2) is 22.7 Å². The first-order chi connectivity index (χ1) is 8.52. The number of carbonyl (C=O) groups is 1.